The van der Waals surface area contributed by atoms with Crippen molar-refractivity contribution in [3.63, 3.8) is 0 Å². The van der Waals surface area contributed by atoms with E-state index in [1.807, 2.05) is 37.3 Å². The van der Waals surface area contributed by atoms with Gasteiger partial charge in [0, 0.05) is 11.4 Å². The molecular formula is C19H20N4O. The molecule has 2 heterocycles. The topological polar surface area (TPSA) is 59.8 Å². The summed E-state index contributed by atoms with van der Waals surface area (Å²) < 4.78 is 1.41. The number of rotatable bonds is 3. The minimum absolute atomic E-state index is 0.116. The molecule has 3 aromatic rings. The molecule has 1 aliphatic rings. The van der Waals surface area contributed by atoms with Gasteiger partial charge in [0.1, 0.15) is 5.82 Å². The molecular weight excluding hydrogens is 300 g/mol. The molecule has 0 bridgehead atoms. The van der Waals surface area contributed by atoms with E-state index in [9.17, 15) is 4.79 Å². The van der Waals surface area contributed by atoms with Gasteiger partial charge in [0.25, 0.3) is 5.56 Å². The first-order chi connectivity index (χ1) is 11.7. The summed E-state index contributed by atoms with van der Waals surface area (Å²) in [7, 11) is 0. The number of nitrogens with zero attached hydrogens (tertiary/aromatic N) is 3. The lowest BCUT2D eigenvalue weighted by Crippen LogP contribution is -2.21. The zero-order valence-electron chi connectivity index (χ0n) is 13.7. The van der Waals surface area contributed by atoms with E-state index in [-0.39, 0.29) is 5.56 Å². The number of nitrogens with one attached hydrogen (secondary N) is 1. The number of aryl methyl sites for hydroxylation is 1. The van der Waals surface area contributed by atoms with E-state index in [2.05, 4.69) is 15.4 Å². The second-order valence-electron chi connectivity index (χ2n) is 6.43. The first kappa shape index (κ1) is 14.9. The van der Waals surface area contributed by atoms with Crippen LogP contribution in [-0.4, -0.2) is 20.8 Å². The van der Waals surface area contributed by atoms with Crippen LogP contribution in [0, 0.1) is 6.92 Å². The van der Waals surface area contributed by atoms with Crippen LogP contribution in [0.1, 0.15) is 31.2 Å². The lowest BCUT2D eigenvalue weighted by atomic mass is 10.1. The molecule has 0 atom stereocenters. The predicted octanol–water partition coefficient (Wildman–Crippen LogP) is 3.44. The lowest BCUT2D eigenvalue weighted by Gasteiger charge is -2.13. The number of hydrogen-bond donors (Lipinski definition) is 1. The Morgan fingerprint density at radius 1 is 1.08 bits per heavy atom. The zero-order valence-corrected chi connectivity index (χ0v) is 13.7. The molecule has 0 radical (unpaired) electrons. The van der Waals surface area contributed by atoms with Crippen LogP contribution in [0.15, 0.2) is 47.5 Å². The van der Waals surface area contributed by atoms with Crippen molar-refractivity contribution in [1.29, 1.82) is 0 Å². The highest BCUT2D eigenvalue weighted by Gasteiger charge is 2.15. The van der Waals surface area contributed by atoms with Crippen LogP contribution in [0.2, 0.25) is 0 Å². The van der Waals surface area contributed by atoms with E-state index in [4.69, 9.17) is 0 Å². The molecule has 1 saturated carbocycles. The van der Waals surface area contributed by atoms with Gasteiger partial charge in [-0.2, -0.15) is 9.78 Å². The van der Waals surface area contributed by atoms with Crippen LogP contribution in [-0.2, 0) is 0 Å². The molecule has 1 aliphatic carbocycles. The number of anilines is 1. The molecule has 0 amide bonds. The van der Waals surface area contributed by atoms with Crippen molar-refractivity contribution in [1.82, 2.24) is 14.8 Å². The Balaban J connectivity index is 1.67. The summed E-state index contributed by atoms with van der Waals surface area (Å²) in [4.78, 5) is 17.1. The highest BCUT2D eigenvalue weighted by molar-refractivity contribution is 5.83. The van der Waals surface area contributed by atoms with Gasteiger partial charge in [0.15, 0.2) is 0 Å². The molecule has 1 N–H and O–H groups in total. The van der Waals surface area contributed by atoms with E-state index < -0.39 is 0 Å². The molecule has 1 fully saturated rings. The molecule has 0 spiro atoms. The minimum atomic E-state index is -0.116. The summed E-state index contributed by atoms with van der Waals surface area (Å²) in [6.45, 7) is 1.98. The number of fused-ring (bicyclic) bond motifs is 1. The third-order valence-corrected chi connectivity index (χ3v) is 4.75. The number of aromatic nitrogens is 3. The Morgan fingerprint density at radius 3 is 2.67 bits per heavy atom. The molecule has 24 heavy (non-hydrogen) atoms. The number of pyridine rings is 1. The third kappa shape index (κ3) is 2.66. The average molecular weight is 320 g/mol. The first-order valence-electron chi connectivity index (χ1n) is 8.43. The van der Waals surface area contributed by atoms with Crippen molar-refractivity contribution >= 4 is 16.6 Å². The number of hydrogen-bond acceptors (Lipinski definition) is 4. The Kier molecular flexibility index (Phi) is 3.76. The standard InChI is InChI=1S/C19H20N4O/c1-13-5-4-8-16-17(13)12-21-23(19(16)24)15-9-10-18(20-11-15)22-14-6-2-3-7-14/h4-5,8-12,14H,2-3,6-7H2,1H3,(H,20,22). The largest absolute Gasteiger partial charge is 0.367 e. The SMILES string of the molecule is Cc1cccc2c(=O)n(-c3ccc(NC4CCCC4)nc3)ncc12. The third-order valence-electron chi connectivity index (χ3n) is 4.75. The first-order valence-corrected chi connectivity index (χ1v) is 8.43. The molecule has 1 aromatic carbocycles. The fraction of sp³-hybridized carbons (Fsp3) is 0.316. The molecule has 122 valence electrons. The van der Waals surface area contributed by atoms with E-state index in [0.29, 0.717) is 17.1 Å². The minimum Gasteiger partial charge on any atom is -0.367 e. The van der Waals surface area contributed by atoms with Crippen molar-refractivity contribution in [3.05, 3.63) is 58.6 Å². The smallest absolute Gasteiger partial charge is 0.279 e. The summed E-state index contributed by atoms with van der Waals surface area (Å²) in [5.41, 5.74) is 1.62. The molecule has 4 rings (SSSR count). The molecule has 2 aromatic heterocycles. The normalized spacial score (nSPS) is 15.0. The summed E-state index contributed by atoms with van der Waals surface area (Å²) in [5, 5.41) is 9.34. The van der Waals surface area contributed by atoms with Crippen LogP contribution in [0.5, 0.6) is 0 Å². The Bertz CT molecular complexity index is 924. The van der Waals surface area contributed by atoms with Crippen molar-refractivity contribution < 1.29 is 0 Å². The van der Waals surface area contributed by atoms with E-state index in [0.717, 1.165) is 16.8 Å². The summed E-state index contributed by atoms with van der Waals surface area (Å²) >= 11 is 0. The fourth-order valence-corrected chi connectivity index (χ4v) is 3.38. The van der Waals surface area contributed by atoms with Gasteiger partial charge in [-0.25, -0.2) is 4.98 Å². The maximum absolute atomic E-state index is 12.7. The predicted molar refractivity (Wildman–Crippen MR) is 95.8 cm³/mol. The Labute approximate surface area is 140 Å². The average Bonchev–Trinajstić information content (AvgIpc) is 3.10. The fourth-order valence-electron chi connectivity index (χ4n) is 3.38. The van der Waals surface area contributed by atoms with Gasteiger partial charge in [-0.1, -0.05) is 25.0 Å². The summed E-state index contributed by atoms with van der Waals surface area (Å²) in [5.74, 6) is 0.857. The monoisotopic (exact) mass is 320 g/mol. The maximum Gasteiger partial charge on any atom is 0.279 e. The molecule has 0 aliphatic heterocycles. The van der Waals surface area contributed by atoms with Crippen molar-refractivity contribution in [2.24, 2.45) is 0 Å². The quantitative estimate of drug-likeness (QED) is 0.803. The second kappa shape index (κ2) is 6.07. The Morgan fingerprint density at radius 2 is 1.92 bits per heavy atom. The van der Waals surface area contributed by atoms with Crippen LogP contribution >= 0.6 is 0 Å². The van der Waals surface area contributed by atoms with Crippen molar-refractivity contribution in [2.75, 3.05) is 5.32 Å². The van der Waals surface area contributed by atoms with Gasteiger partial charge in [-0.3, -0.25) is 4.79 Å². The van der Waals surface area contributed by atoms with E-state index in [1.54, 1.807) is 12.4 Å². The maximum atomic E-state index is 12.7. The van der Waals surface area contributed by atoms with Gasteiger partial charge < -0.3 is 5.32 Å². The molecule has 5 nitrogen and oxygen atoms in total. The molecule has 0 saturated heterocycles. The van der Waals surface area contributed by atoms with Crippen LogP contribution in [0.4, 0.5) is 5.82 Å². The highest BCUT2D eigenvalue weighted by atomic mass is 16.1. The van der Waals surface area contributed by atoms with Crippen LogP contribution < -0.4 is 10.9 Å². The summed E-state index contributed by atoms with van der Waals surface area (Å²) in [6, 6.07) is 10.1. The van der Waals surface area contributed by atoms with Gasteiger partial charge in [0.05, 0.1) is 23.5 Å². The lowest BCUT2D eigenvalue weighted by molar-refractivity contribution is 0.749. The zero-order chi connectivity index (χ0) is 16.5. The Hall–Kier alpha value is -2.69. The van der Waals surface area contributed by atoms with Crippen molar-refractivity contribution in [2.45, 2.75) is 38.6 Å². The van der Waals surface area contributed by atoms with Gasteiger partial charge in [-0.05, 0) is 43.5 Å². The van der Waals surface area contributed by atoms with Gasteiger partial charge in [0.2, 0.25) is 0 Å². The van der Waals surface area contributed by atoms with E-state index >= 15 is 0 Å². The second-order valence-corrected chi connectivity index (χ2v) is 6.43. The molecule has 5 heteroatoms. The summed E-state index contributed by atoms with van der Waals surface area (Å²) in [6.07, 6.45) is 8.42. The van der Waals surface area contributed by atoms with Gasteiger partial charge in [-0.15, -0.1) is 0 Å². The molecule has 0 unspecified atom stereocenters. The van der Waals surface area contributed by atoms with E-state index in [1.165, 1.54) is 30.4 Å². The number of benzene rings is 1. The van der Waals surface area contributed by atoms with Crippen LogP contribution in [0.25, 0.3) is 16.5 Å². The van der Waals surface area contributed by atoms with Crippen LogP contribution in [0.3, 0.4) is 0 Å². The van der Waals surface area contributed by atoms with Gasteiger partial charge >= 0.3 is 0 Å². The van der Waals surface area contributed by atoms with Crippen molar-refractivity contribution in [3.8, 4) is 5.69 Å². The highest BCUT2D eigenvalue weighted by Crippen LogP contribution is 2.21.